The van der Waals surface area contributed by atoms with Gasteiger partial charge in [-0.3, -0.25) is 19.6 Å². The van der Waals surface area contributed by atoms with E-state index < -0.39 is 23.9 Å². The van der Waals surface area contributed by atoms with E-state index in [0.717, 1.165) is 32.5 Å². The first kappa shape index (κ1) is 29.7. The van der Waals surface area contributed by atoms with Crippen molar-refractivity contribution in [1.29, 1.82) is 0 Å². The third-order valence-corrected chi connectivity index (χ3v) is 8.03. The summed E-state index contributed by atoms with van der Waals surface area (Å²) in [5.41, 5.74) is 12.0. The van der Waals surface area contributed by atoms with E-state index in [2.05, 4.69) is 22.1 Å². The summed E-state index contributed by atoms with van der Waals surface area (Å²) in [6.07, 6.45) is 3.83. The highest BCUT2D eigenvalue weighted by molar-refractivity contribution is 5.89. The maximum Gasteiger partial charge on any atom is 0.354 e. The lowest BCUT2D eigenvalue weighted by molar-refractivity contribution is -0.141. The monoisotopic (exact) mass is 554 g/mol. The van der Waals surface area contributed by atoms with E-state index >= 15 is 0 Å². The van der Waals surface area contributed by atoms with Crippen LogP contribution in [-0.2, 0) is 11.3 Å². The number of rotatable bonds is 7. The number of nitrogens with one attached hydrogen (secondary N) is 1. The van der Waals surface area contributed by atoms with Gasteiger partial charge in [-0.15, -0.1) is 0 Å². The number of likely N-dealkylation sites (tertiary alicyclic amines) is 1. The van der Waals surface area contributed by atoms with Gasteiger partial charge in [0, 0.05) is 44.5 Å². The first-order valence-electron chi connectivity index (χ1n) is 13.9. The molecule has 4 rings (SSSR count). The highest BCUT2D eigenvalue weighted by atomic mass is 16.3. The number of hydrogen-bond donors (Lipinski definition) is 4. The number of aromatic nitrogens is 2. The molecule has 2 aliphatic heterocycles. The van der Waals surface area contributed by atoms with Gasteiger partial charge in [0.05, 0.1) is 12.3 Å². The van der Waals surface area contributed by atoms with Gasteiger partial charge in [0.2, 0.25) is 5.91 Å². The number of nitrogens with two attached hydrogens (primary N) is 2. The Bertz CT molecular complexity index is 1240. The summed E-state index contributed by atoms with van der Waals surface area (Å²) in [7, 11) is 0. The lowest BCUT2D eigenvalue weighted by atomic mass is 9.91. The van der Waals surface area contributed by atoms with Crippen molar-refractivity contribution in [1.82, 2.24) is 24.3 Å². The van der Waals surface area contributed by atoms with Crippen LogP contribution in [0.4, 0.5) is 10.6 Å². The lowest BCUT2D eigenvalue weighted by Crippen LogP contribution is -2.63. The number of urea groups is 1. The zero-order chi connectivity index (χ0) is 29.0. The molecule has 3 heterocycles. The highest BCUT2D eigenvalue weighted by Gasteiger charge is 2.37. The fourth-order valence-electron chi connectivity index (χ4n) is 5.35. The molecule has 0 saturated carbocycles. The summed E-state index contributed by atoms with van der Waals surface area (Å²) in [6.45, 7) is 8.72. The number of amides is 3. The summed E-state index contributed by atoms with van der Waals surface area (Å²) >= 11 is 0. The molecule has 2 aliphatic rings. The van der Waals surface area contributed by atoms with Crippen LogP contribution in [0.2, 0.25) is 0 Å². The molecule has 12 heteroatoms. The largest absolute Gasteiger partial charge is 0.394 e. The summed E-state index contributed by atoms with van der Waals surface area (Å²) < 4.78 is 1.44. The Morgan fingerprint density at radius 3 is 2.40 bits per heavy atom. The molecule has 2 aromatic rings. The number of aliphatic hydroxyl groups excluding tert-OH is 1. The average Bonchev–Trinajstić information content (AvgIpc) is 2.93. The summed E-state index contributed by atoms with van der Waals surface area (Å²) in [6, 6.07) is 8.98. The number of nitrogens with zero attached hydrogens (tertiary/aromatic N) is 5. The number of aliphatic hydroxyl groups is 1. The van der Waals surface area contributed by atoms with Gasteiger partial charge in [0.25, 0.3) is 0 Å². The van der Waals surface area contributed by atoms with Crippen molar-refractivity contribution in [3.8, 4) is 5.69 Å². The van der Waals surface area contributed by atoms with E-state index in [4.69, 9.17) is 11.5 Å². The molecule has 40 heavy (non-hydrogen) atoms. The number of benzene rings is 1. The molecule has 6 N–H and O–H groups in total. The smallest absolute Gasteiger partial charge is 0.354 e. The molecular formula is C28H42N8O4. The average molecular weight is 555 g/mol. The second-order valence-electron chi connectivity index (χ2n) is 11.4. The van der Waals surface area contributed by atoms with E-state index in [-0.39, 0.29) is 43.4 Å². The molecule has 218 valence electrons. The molecule has 3 amide bonds. The summed E-state index contributed by atoms with van der Waals surface area (Å²) in [4.78, 5) is 47.9. The standard InChI is InChI=1S/C28H42N8O4/c1-19-16-34(14-15-35(19)25(38)28(3,30)18-37)26(39)31-24-10-13-36(27(40)32-24)23-6-4-21(5-7-23)17-33-11-8-22(9-12-33)20(2)29/h4-7,10,13,19-20,22,37H,8-9,11-12,14-18,29-30H2,1-3H3,(H,31,32,39,40). The van der Waals surface area contributed by atoms with E-state index in [0.29, 0.717) is 11.6 Å². The predicted octanol–water partition coefficient (Wildman–Crippen LogP) is 0.566. The zero-order valence-corrected chi connectivity index (χ0v) is 23.6. The maximum atomic E-state index is 12.8. The Hall–Kier alpha value is -3.32. The van der Waals surface area contributed by atoms with Crippen LogP contribution in [-0.4, -0.2) is 98.2 Å². The van der Waals surface area contributed by atoms with E-state index in [1.54, 1.807) is 22.1 Å². The first-order chi connectivity index (χ1) is 19.0. The van der Waals surface area contributed by atoms with Gasteiger partial charge in [-0.1, -0.05) is 12.1 Å². The third-order valence-electron chi connectivity index (χ3n) is 8.03. The minimum atomic E-state index is -1.37. The Labute approximate surface area is 234 Å². The number of carbonyl (C=O) groups is 2. The SMILES string of the molecule is CC(N)C1CCN(Cc2ccc(-n3ccc(NC(=O)N4CCN(C(=O)C(C)(N)CO)C(C)C4)nc3=O)cc2)CC1. The third kappa shape index (κ3) is 6.87. The second kappa shape index (κ2) is 12.5. The van der Waals surface area contributed by atoms with E-state index in [1.165, 1.54) is 17.1 Å². The van der Waals surface area contributed by atoms with Gasteiger partial charge in [-0.05, 0) is 76.4 Å². The molecular weight excluding hydrogens is 512 g/mol. The van der Waals surface area contributed by atoms with Crippen LogP contribution in [0.15, 0.2) is 41.3 Å². The molecule has 2 saturated heterocycles. The Morgan fingerprint density at radius 2 is 1.82 bits per heavy atom. The fourth-order valence-corrected chi connectivity index (χ4v) is 5.35. The number of piperazine rings is 1. The molecule has 3 atom stereocenters. The van der Waals surface area contributed by atoms with Gasteiger partial charge in [-0.25, -0.2) is 9.59 Å². The molecule has 12 nitrogen and oxygen atoms in total. The van der Waals surface area contributed by atoms with E-state index in [1.807, 2.05) is 31.2 Å². The van der Waals surface area contributed by atoms with Gasteiger partial charge in [0.1, 0.15) is 11.4 Å². The van der Waals surface area contributed by atoms with Crippen molar-refractivity contribution in [2.75, 3.05) is 44.6 Å². The summed E-state index contributed by atoms with van der Waals surface area (Å²) in [5, 5.41) is 12.1. The zero-order valence-electron chi connectivity index (χ0n) is 23.6. The molecule has 0 bridgehead atoms. The molecule has 2 fully saturated rings. The van der Waals surface area contributed by atoms with Crippen LogP contribution in [0, 0.1) is 5.92 Å². The van der Waals surface area contributed by atoms with Crippen molar-refractivity contribution < 1.29 is 14.7 Å². The van der Waals surface area contributed by atoms with Crippen LogP contribution in [0.3, 0.4) is 0 Å². The Kier molecular flexibility index (Phi) is 9.24. The van der Waals surface area contributed by atoms with Crippen molar-refractivity contribution in [3.05, 3.63) is 52.6 Å². The maximum absolute atomic E-state index is 12.8. The molecule has 0 aliphatic carbocycles. The number of piperidine rings is 1. The van der Waals surface area contributed by atoms with Gasteiger partial charge >= 0.3 is 11.7 Å². The molecule has 0 radical (unpaired) electrons. The Morgan fingerprint density at radius 1 is 1.15 bits per heavy atom. The number of anilines is 1. The molecule has 3 unspecified atom stereocenters. The van der Waals surface area contributed by atoms with E-state index in [9.17, 15) is 19.5 Å². The van der Waals surface area contributed by atoms with Crippen molar-refractivity contribution in [2.45, 2.75) is 57.8 Å². The molecule has 1 aromatic carbocycles. The second-order valence-corrected chi connectivity index (χ2v) is 11.4. The van der Waals surface area contributed by atoms with Crippen LogP contribution >= 0.6 is 0 Å². The van der Waals surface area contributed by atoms with Crippen LogP contribution < -0.4 is 22.5 Å². The summed E-state index contributed by atoms with van der Waals surface area (Å²) in [5.74, 6) is 0.387. The Balaban J connectivity index is 1.32. The molecule has 0 spiro atoms. The van der Waals surface area contributed by atoms with Gasteiger partial charge < -0.3 is 26.4 Å². The van der Waals surface area contributed by atoms with Crippen molar-refractivity contribution in [3.63, 3.8) is 0 Å². The predicted molar refractivity (Wildman–Crippen MR) is 153 cm³/mol. The number of carbonyl (C=O) groups excluding carboxylic acids is 2. The minimum Gasteiger partial charge on any atom is -0.394 e. The van der Waals surface area contributed by atoms with Crippen LogP contribution in [0.5, 0.6) is 0 Å². The van der Waals surface area contributed by atoms with Gasteiger partial charge in [-0.2, -0.15) is 4.98 Å². The van der Waals surface area contributed by atoms with Crippen molar-refractivity contribution in [2.24, 2.45) is 17.4 Å². The molecule has 1 aromatic heterocycles. The topological polar surface area (TPSA) is 163 Å². The lowest BCUT2D eigenvalue weighted by Gasteiger charge is -2.42. The quantitative estimate of drug-likeness (QED) is 0.386. The van der Waals surface area contributed by atoms with Crippen LogP contribution in [0.1, 0.15) is 39.2 Å². The minimum absolute atomic E-state index is 0.152. The van der Waals surface area contributed by atoms with Gasteiger partial charge in [0.15, 0.2) is 0 Å². The van der Waals surface area contributed by atoms with Crippen molar-refractivity contribution >= 4 is 17.8 Å². The normalized spacial score (nSPS) is 21.1. The van der Waals surface area contributed by atoms with Crippen LogP contribution in [0.25, 0.3) is 5.69 Å². The fraction of sp³-hybridized carbons (Fsp3) is 0.571. The first-order valence-corrected chi connectivity index (χ1v) is 13.9. The number of hydrogen-bond acceptors (Lipinski definition) is 8. The highest BCUT2D eigenvalue weighted by Crippen LogP contribution is 2.21.